The molecule has 316 valence electrons. The van der Waals surface area contributed by atoms with E-state index in [4.69, 9.17) is 0 Å². The van der Waals surface area contributed by atoms with Gasteiger partial charge in [-0.05, 0) is 191 Å². The average molecular weight is 795 g/mol. The summed E-state index contributed by atoms with van der Waals surface area (Å²) in [6, 6.07) is 8.71. The second-order valence-corrected chi connectivity index (χ2v) is 18.8. The molecule has 0 N–H and O–H groups in total. The molecule has 2 nitrogen and oxygen atoms in total. The van der Waals surface area contributed by atoms with Crippen molar-refractivity contribution < 1.29 is 8.42 Å². The van der Waals surface area contributed by atoms with Crippen LogP contribution in [0.25, 0.3) is 0 Å². The minimum Gasteiger partial charge on any atom is -0.219 e. The van der Waals surface area contributed by atoms with Gasteiger partial charge in [-0.25, -0.2) is 8.42 Å². The first kappa shape index (κ1) is 51.6. The molecule has 1 aromatic carbocycles. The first-order valence-corrected chi connectivity index (χ1v) is 23.5. The second-order valence-electron chi connectivity index (χ2n) is 16.8. The van der Waals surface area contributed by atoms with E-state index >= 15 is 0 Å². The highest BCUT2D eigenvalue weighted by molar-refractivity contribution is 7.95. The molecule has 0 aliphatic carbocycles. The molecule has 0 aliphatic rings. The van der Waals surface area contributed by atoms with Crippen LogP contribution in [0, 0.1) is 0 Å². The van der Waals surface area contributed by atoms with Crippen LogP contribution in [0.1, 0.15) is 185 Å². The minimum absolute atomic E-state index is 0.359. The zero-order valence-electron chi connectivity index (χ0n) is 38.4. The maximum absolute atomic E-state index is 13.0. The molecule has 0 heterocycles. The Labute approximate surface area is 353 Å². The molecule has 1 rings (SSSR count). The van der Waals surface area contributed by atoms with Gasteiger partial charge in [0.15, 0.2) is 0 Å². The molecular formula is C54H82O2S. The summed E-state index contributed by atoms with van der Waals surface area (Å²) < 4.78 is 25.9. The molecule has 0 radical (unpaired) electrons. The molecule has 0 amide bonds. The van der Waals surface area contributed by atoms with E-state index in [2.05, 4.69) is 124 Å². The van der Waals surface area contributed by atoms with Gasteiger partial charge >= 0.3 is 0 Å². The van der Waals surface area contributed by atoms with Gasteiger partial charge in [-0.3, -0.25) is 0 Å². The number of hydrogen-bond donors (Lipinski definition) is 0. The molecule has 0 fully saturated rings. The molecule has 1 aromatic rings. The Morgan fingerprint density at radius 1 is 0.404 bits per heavy atom. The Kier molecular flexibility index (Phi) is 27.7. The lowest BCUT2D eigenvalue weighted by Crippen LogP contribution is -2.04. The van der Waals surface area contributed by atoms with Crippen molar-refractivity contribution in [3.05, 3.63) is 146 Å². The number of hydrogen-bond acceptors (Lipinski definition) is 2. The SMILES string of the molecule is C/C=C(\C/C=C(\C)CC/C=C(\C)CC/C=C(\C)CC/C=C(\C)CC/C=C(\C)CC/C=C(\C)CC/C=C(\C)CC/C=C(\C)CCC=C(C)C)S(=O)(=O)c1ccccc1. The van der Waals surface area contributed by atoms with Crippen LogP contribution in [0.2, 0.25) is 0 Å². The third kappa shape index (κ3) is 26.2. The fourth-order valence-corrected chi connectivity index (χ4v) is 8.07. The molecule has 0 unspecified atom stereocenters. The van der Waals surface area contributed by atoms with Gasteiger partial charge < -0.3 is 0 Å². The van der Waals surface area contributed by atoms with Gasteiger partial charge in [-0.2, -0.15) is 0 Å². The minimum atomic E-state index is -3.44. The third-order valence-corrected chi connectivity index (χ3v) is 12.7. The van der Waals surface area contributed by atoms with Crippen molar-refractivity contribution in [2.24, 2.45) is 0 Å². The van der Waals surface area contributed by atoms with Crippen LogP contribution in [-0.2, 0) is 9.84 Å². The number of benzene rings is 1. The van der Waals surface area contributed by atoms with E-state index in [1.54, 1.807) is 37.3 Å². The monoisotopic (exact) mass is 795 g/mol. The normalized spacial score (nSPS) is 14.8. The summed E-state index contributed by atoms with van der Waals surface area (Å²) in [6.45, 7) is 24.2. The Hall–Kier alpha value is -3.43. The molecule has 3 heteroatoms. The first-order chi connectivity index (χ1) is 27.1. The average Bonchev–Trinajstić information content (AvgIpc) is 3.15. The van der Waals surface area contributed by atoms with Crippen molar-refractivity contribution >= 4 is 9.84 Å². The van der Waals surface area contributed by atoms with E-state index in [0.29, 0.717) is 16.2 Å². The molecule has 0 saturated heterocycles. The quantitative estimate of drug-likeness (QED) is 0.0792. The van der Waals surface area contributed by atoms with Crippen molar-refractivity contribution in [3.8, 4) is 0 Å². The van der Waals surface area contributed by atoms with Crippen molar-refractivity contribution in [3.63, 3.8) is 0 Å². The summed E-state index contributed by atoms with van der Waals surface area (Å²) in [5, 5.41) is 0. The van der Waals surface area contributed by atoms with E-state index in [1.165, 1.54) is 69.4 Å². The van der Waals surface area contributed by atoms with Crippen LogP contribution in [0.4, 0.5) is 0 Å². The third-order valence-electron chi connectivity index (χ3n) is 10.7. The van der Waals surface area contributed by atoms with Crippen molar-refractivity contribution in [1.82, 2.24) is 0 Å². The van der Waals surface area contributed by atoms with E-state index in [-0.39, 0.29) is 0 Å². The summed E-state index contributed by atoms with van der Waals surface area (Å²) in [7, 11) is -3.44. The topological polar surface area (TPSA) is 34.1 Å². The summed E-state index contributed by atoms with van der Waals surface area (Å²) in [6.07, 6.45) is 41.4. The van der Waals surface area contributed by atoms with Gasteiger partial charge in [0.2, 0.25) is 9.84 Å². The predicted molar refractivity (Wildman–Crippen MR) is 255 cm³/mol. The summed E-state index contributed by atoms with van der Waals surface area (Å²) in [5.74, 6) is 0. The van der Waals surface area contributed by atoms with E-state index in [1.807, 2.05) is 6.07 Å². The highest BCUT2D eigenvalue weighted by Crippen LogP contribution is 2.24. The fourth-order valence-electron chi connectivity index (χ4n) is 6.64. The molecule has 0 bridgehead atoms. The maximum atomic E-state index is 13.0. The smallest absolute Gasteiger partial charge is 0.202 e. The van der Waals surface area contributed by atoms with E-state index in [0.717, 1.165) is 83.5 Å². The molecule has 0 aliphatic heterocycles. The van der Waals surface area contributed by atoms with Gasteiger partial charge in [-0.1, -0.05) is 129 Å². The van der Waals surface area contributed by atoms with Gasteiger partial charge in [0.1, 0.15) is 0 Å². The Morgan fingerprint density at radius 2 is 0.667 bits per heavy atom. The standard InChI is InChI=1S/C54H82O2S/c1-12-53(57(55,56)54-40-14-13-15-41-54)43-42-52(11)39-23-38-51(10)37-22-36-50(9)35-21-34-49(8)33-20-32-48(7)31-19-30-47(6)29-18-28-46(5)27-17-26-45(4)25-16-24-44(2)3/h12-15,24,26,28,30,32,34,36,38,40-42H,16-23,25,27,29,31,33,35,37,39,43H2,1-11H3/b45-26+,46-28+,47-30+,48-32+,49-34+,50-36+,51-38+,52-42+,53-12+. The van der Waals surface area contributed by atoms with Crippen molar-refractivity contribution in [1.29, 1.82) is 0 Å². The lowest BCUT2D eigenvalue weighted by atomic mass is 10.0. The Balaban J connectivity index is 2.30. The molecule has 0 spiro atoms. The summed E-state index contributed by atoms with van der Waals surface area (Å²) in [4.78, 5) is 0.818. The van der Waals surface area contributed by atoms with E-state index in [9.17, 15) is 8.42 Å². The first-order valence-electron chi connectivity index (χ1n) is 22.0. The lowest BCUT2D eigenvalue weighted by Gasteiger charge is -2.08. The van der Waals surface area contributed by atoms with Gasteiger partial charge in [-0.15, -0.1) is 0 Å². The largest absolute Gasteiger partial charge is 0.219 e. The highest BCUT2D eigenvalue weighted by Gasteiger charge is 2.18. The van der Waals surface area contributed by atoms with Gasteiger partial charge in [0.05, 0.1) is 4.90 Å². The lowest BCUT2D eigenvalue weighted by molar-refractivity contribution is 0.601. The van der Waals surface area contributed by atoms with E-state index < -0.39 is 9.84 Å². The Bertz CT molecular complexity index is 1740. The number of allylic oxidation sites excluding steroid dienone is 20. The van der Waals surface area contributed by atoms with Crippen molar-refractivity contribution in [2.75, 3.05) is 0 Å². The molecule has 0 saturated carbocycles. The fraction of sp³-hybridized carbons (Fsp3) is 0.519. The summed E-state index contributed by atoms with van der Waals surface area (Å²) >= 11 is 0. The zero-order chi connectivity index (χ0) is 42.5. The van der Waals surface area contributed by atoms with Crippen LogP contribution in [0.5, 0.6) is 0 Å². The second kappa shape index (κ2) is 30.6. The molecule has 0 atom stereocenters. The van der Waals surface area contributed by atoms with Crippen molar-refractivity contribution in [2.45, 2.75) is 190 Å². The predicted octanol–water partition coefficient (Wildman–Crippen LogP) is 17.5. The van der Waals surface area contributed by atoms with Crippen LogP contribution < -0.4 is 0 Å². The number of rotatable bonds is 28. The number of sulfone groups is 1. The van der Waals surface area contributed by atoms with Crippen LogP contribution in [0.15, 0.2) is 151 Å². The van der Waals surface area contributed by atoms with Gasteiger partial charge in [0, 0.05) is 11.3 Å². The summed E-state index contributed by atoms with van der Waals surface area (Å²) in [5.41, 5.74) is 13.1. The van der Waals surface area contributed by atoms with Crippen LogP contribution in [0.3, 0.4) is 0 Å². The molecule has 0 aromatic heterocycles. The Morgan fingerprint density at radius 3 is 0.930 bits per heavy atom. The van der Waals surface area contributed by atoms with Crippen LogP contribution >= 0.6 is 0 Å². The van der Waals surface area contributed by atoms with Gasteiger partial charge in [0.25, 0.3) is 0 Å². The maximum Gasteiger partial charge on any atom is 0.202 e. The molecule has 57 heavy (non-hydrogen) atoms. The van der Waals surface area contributed by atoms with Crippen LogP contribution in [-0.4, -0.2) is 8.42 Å². The molecular weight excluding hydrogens is 713 g/mol. The highest BCUT2D eigenvalue weighted by atomic mass is 32.2. The zero-order valence-corrected chi connectivity index (χ0v) is 39.2.